The number of aryl methyl sites for hydroxylation is 1. The zero-order valence-electron chi connectivity index (χ0n) is 10.4. The first-order chi connectivity index (χ1) is 8.88. The fraction of sp³-hybridized carbons (Fsp3) is 0.500. The number of halogens is 4. The number of rotatable bonds is 7. The zero-order chi connectivity index (χ0) is 14.5. The second-order valence-electron chi connectivity index (χ2n) is 4.15. The smallest absolute Gasteiger partial charge is 0.330 e. The van der Waals surface area contributed by atoms with Crippen LogP contribution in [0, 0.1) is 6.92 Å². The van der Waals surface area contributed by atoms with Crippen LogP contribution < -0.4 is 11.3 Å². The fourth-order valence-corrected chi connectivity index (χ4v) is 1.58. The summed E-state index contributed by atoms with van der Waals surface area (Å²) >= 11 is 0. The summed E-state index contributed by atoms with van der Waals surface area (Å²) in [6.45, 7) is 0.270. The highest BCUT2D eigenvalue weighted by atomic mass is 19.3. The van der Waals surface area contributed by atoms with Crippen LogP contribution in [0.3, 0.4) is 0 Å². The van der Waals surface area contributed by atoms with Gasteiger partial charge in [0.15, 0.2) is 0 Å². The van der Waals surface area contributed by atoms with Gasteiger partial charge in [-0.2, -0.15) is 8.78 Å². The molecule has 0 fully saturated rings. The van der Waals surface area contributed by atoms with E-state index in [1.165, 1.54) is 0 Å². The lowest BCUT2D eigenvalue weighted by atomic mass is 10.0. The predicted molar refractivity (Wildman–Crippen MR) is 63.0 cm³/mol. The van der Waals surface area contributed by atoms with Crippen LogP contribution in [0.15, 0.2) is 24.3 Å². The molecule has 0 aliphatic carbocycles. The van der Waals surface area contributed by atoms with E-state index in [1.54, 1.807) is 12.1 Å². The van der Waals surface area contributed by atoms with Crippen LogP contribution in [0.1, 0.15) is 17.2 Å². The van der Waals surface area contributed by atoms with Crippen molar-refractivity contribution in [1.82, 2.24) is 5.43 Å². The van der Waals surface area contributed by atoms with Crippen molar-refractivity contribution >= 4 is 0 Å². The van der Waals surface area contributed by atoms with Gasteiger partial charge >= 0.3 is 12.3 Å². The number of hydrogen-bond donors (Lipinski definition) is 2. The summed E-state index contributed by atoms with van der Waals surface area (Å²) in [4.78, 5) is 0. The van der Waals surface area contributed by atoms with E-state index in [9.17, 15) is 17.6 Å². The molecule has 0 bridgehead atoms. The van der Waals surface area contributed by atoms with Gasteiger partial charge in [0, 0.05) is 0 Å². The zero-order valence-corrected chi connectivity index (χ0v) is 10.4. The van der Waals surface area contributed by atoms with Gasteiger partial charge < -0.3 is 4.74 Å². The van der Waals surface area contributed by atoms with Crippen LogP contribution in [0.4, 0.5) is 17.6 Å². The Morgan fingerprint density at radius 2 is 1.95 bits per heavy atom. The SMILES string of the molecule is Cc1ccccc1C(COCC(F)(F)C(F)F)NN. The van der Waals surface area contributed by atoms with E-state index in [1.807, 2.05) is 19.1 Å². The van der Waals surface area contributed by atoms with Crippen molar-refractivity contribution in [3.05, 3.63) is 35.4 Å². The van der Waals surface area contributed by atoms with Crippen molar-refractivity contribution in [3.63, 3.8) is 0 Å². The monoisotopic (exact) mass is 280 g/mol. The van der Waals surface area contributed by atoms with Crippen LogP contribution in [0.5, 0.6) is 0 Å². The quantitative estimate of drug-likeness (QED) is 0.458. The normalized spacial score (nSPS) is 13.8. The standard InChI is InChI=1S/C12H16F4N2O/c1-8-4-2-3-5-9(8)10(18-17)6-19-7-12(15,16)11(13)14/h2-5,10-11,18H,6-7,17H2,1H3. The highest BCUT2D eigenvalue weighted by Crippen LogP contribution is 2.24. The Morgan fingerprint density at radius 3 is 2.47 bits per heavy atom. The molecule has 7 heteroatoms. The van der Waals surface area contributed by atoms with Gasteiger partial charge in [-0.25, -0.2) is 8.78 Å². The van der Waals surface area contributed by atoms with E-state index < -0.39 is 25.0 Å². The number of alkyl halides is 4. The van der Waals surface area contributed by atoms with Gasteiger partial charge in [0.25, 0.3) is 0 Å². The van der Waals surface area contributed by atoms with Gasteiger partial charge in [0.2, 0.25) is 0 Å². The maximum atomic E-state index is 12.7. The minimum Gasteiger partial charge on any atom is -0.373 e. The topological polar surface area (TPSA) is 47.3 Å². The average molecular weight is 280 g/mol. The molecule has 1 unspecified atom stereocenters. The van der Waals surface area contributed by atoms with Gasteiger partial charge in [-0.1, -0.05) is 24.3 Å². The summed E-state index contributed by atoms with van der Waals surface area (Å²) < 4.78 is 53.8. The summed E-state index contributed by atoms with van der Waals surface area (Å²) in [6, 6.07) is 6.63. The predicted octanol–water partition coefficient (Wildman–Crippen LogP) is 2.42. The van der Waals surface area contributed by atoms with E-state index >= 15 is 0 Å². The van der Waals surface area contributed by atoms with Crippen molar-refractivity contribution in [2.75, 3.05) is 13.2 Å². The number of nitrogens with one attached hydrogen (secondary N) is 1. The molecule has 0 radical (unpaired) electrons. The van der Waals surface area contributed by atoms with Crippen molar-refractivity contribution in [2.45, 2.75) is 25.3 Å². The van der Waals surface area contributed by atoms with Crippen LogP contribution in [-0.2, 0) is 4.74 Å². The Labute approximate surface area is 108 Å². The van der Waals surface area contributed by atoms with Gasteiger partial charge in [-0.15, -0.1) is 0 Å². The number of benzene rings is 1. The van der Waals surface area contributed by atoms with Gasteiger partial charge in [0.1, 0.15) is 6.61 Å². The summed E-state index contributed by atoms with van der Waals surface area (Å²) in [5, 5.41) is 0. The Morgan fingerprint density at radius 1 is 1.32 bits per heavy atom. The van der Waals surface area contributed by atoms with E-state index in [-0.39, 0.29) is 6.61 Å². The third-order valence-corrected chi connectivity index (χ3v) is 2.66. The van der Waals surface area contributed by atoms with E-state index in [4.69, 9.17) is 5.84 Å². The van der Waals surface area contributed by atoms with Crippen molar-refractivity contribution in [2.24, 2.45) is 5.84 Å². The number of nitrogens with two attached hydrogens (primary N) is 1. The van der Waals surface area contributed by atoms with Gasteiger partial charge in [-0.3, -0.25) is 11.3 Å². The lowest BCUT2D eigenvalue weighted by molar-refractivity contribution is -0.167. The molecule has 1 atom stereocenters. The molecule has 108 valence electrons. The first kappa shape index (κ1) is 15.9. The highest BCUT2D eigenvalue weighted by molar-refractivity contribution is 5.28. The lowest BCUT2D eigenvalue weighted by Crippen LogP contribution is -2.36. The second kappa shape index (κ2) is 6.83. The van der Waals surface area contributed by atoms with Crippen LogP contribution in [0.25, 0.3) is 0 Å². The van der Waals surface area contributed by atoms with Crippen molar-refractivity contribution < 1.29 is 22.3 Å². The molecule has 0 saturated heterocycles. The average Bonchev–Trinajstić information content (AvgIpc) is 2.35. The molecule has 0 aliphatic rings. The first-order valence-corrected chi connectivity index (χ1v) is 5.64. The highest BCUT2D eigenvalue weighted by Gasteiger charge is 2.41. The lowest BCUT2D eigenvalue weighted by Gasteiger charge is -2.21. The summed E-state index contributed by atoms with van der Waals surface area (Å²) in [5.74, 6) is 1.17. The molecule has 0 aromatic heterocycles. The molecule has 0 aliphatic heterocycles. The molecular formula is C12H16F4N2O. The molecule has 0 heterocycles. The molecule has 0 saturated carbocycles. The number of hydrogen-bond acceptors (Lipinski definition) is 3. The Hall–Kier alpha value is -1.18. The Balaban J connectivity index is 2.58. The van der Waals surface area contributed by atoms with Gasteiger partial charge in [0.05, 0.1) is 12.6 Å². The third-order valence-electron chi connectivity index (χ3n) is 2.66. The minimum atomic E-state index is -4.15. The molecule has 3 N–H and O–H groups in total. The van der Waals surface area contributed by atoms with Crippen LogP contribution >= 0.6 is 0 Å². The Bertz CT molecular complexity index is 401. The second-order valence-corrected chi connectivity index (χ2v) is 4.15. The van der Waals surface area contributed by atoms with E-state index in [0.29, 0.717) is 0 Å². The molecule has 1 aromatic rings. The summed E-state index contributed by atoms with van der Waals surface area (Å²) in [5.41, 5.74) is 4.08. The van der Waals surface area contributed by atoms with Gasteiger partial charge in [-0.05, 0) is 18.1 Å². The molecule has 0 spiro atoms. The van der Waals surface area contributed by atoms with E-state index in [2.05, 4.69) is 10.2 Å². The fourth-order valence-electron chi connectivity index (χ4n) is 1.58. The maximum Gasteiger partial charge on any atom is 0.330 e. The molecule has 1 rings (SSSR count). The molecule has 3 nitrogen and oxygen atoms in total. The molecular weight excluding hydrogens is 264 g/mol. The molecule has 19 heavy (non-hydrogen) atoms. The Kier molecular flexibility index (Phi) is 5.71. The molecule has 0 amide bonds. The third kappa shape index (κ3) is 4.45. The summed E-state index contributed by atoms with van der Waals surface area (Å²) in [7, 11) is 0. The summed E-state index contributed by atoms with van der Waals surface area (Å²) in [6.07, 6.45) is -3.74. The number of hydrazine groups is 1. The molecule has 1 aromatic carbocycles. The number of ether oxygens (including phenoxy) is 1. The maximum absolute atomic E-state index is 12.7. The largest absolute Gasteiger partial charge is 0.373 e. The first-order valence-electron chi connectivity index (χ1n) is 5.64. The van der Waals surface area contributed by atoms with Crippen LogP contribution in [0.2, 0.25) is 0 Å². The minimum absolute atomic E-state index is 0.219. The van der Waals surface area contributed by atoms with Crippen molar-refractivity contribution in [3.8, 4) is 0 Å². The van der Waals surface area contributed by atoms with Crippen LogP contribution in [-0.4, -0.2) is 25.6 Å². The van der Waals surface area contributed by atoms with E-state index in [0.717, 1.165) is 11.1 Å². The van der Waals surface area contributed by atoms with Crippen molar-refractivity contribution in [1.29, 1.82) is 0 Å².